The van der Waals surface area contributed by atoms with E-state index in [4.69, 9.17) is 4.74 Å². The van der Waals surface area contributed by atoms with Gasteiger partial charge < -0.3 is 10.1 Å². The van der Waals surface area contributed by atoms with Crippen LogP contribution in [0.25, 0.3) is 10.8 Å². The number of benzene rings is 3. The average molecular weight is 313 g/mol. The van der Waals surface area contributed by atoms with Crippen molar-refractivity contribution in [2.75, 3.05) is 12.4 Å². The SMILES string of the molecule is COc1ccc(C(=O)Nc2c(F)cccc2F)c2ccccc12. The number of nitrogens with one attached hydrogen (secondary N) is 1. The standard InChI is InChI=1S/C18H13F2NO2/c1-23-16-10-9-13(11-5-2-3-6-12(11)16)18(22)21-17-14(19)7-4-8-15(17)20/h2-10H,1H3,(H,21,22). The molecule has 0 saturated heterocycles. The Hall–Kier alpha value is -2.95. The van der Waals surface area contributed by atoms with Gasteiger partial charge in [-0.25, -0.2) is 8.78 Å². The van der Waals surface area contributed by atoms with Crippen LogP contribution in [-0.2, 0) is 0 Å². The van der Waals surface area contributed by atoms with Gasteiger partial charge in [0, 0.05) is 10.9 Å². The molecule has 3 rings (SSSR count). The molecule has 0 aliphatic rings. The van der Waals surface area contributed by atoms with Gasteiger partial charge in [-0.15, -0.1) is 0 Å². The highest BCUT2D eigenvalue weighted by molar-refractivity contribution is 6.14. The normalized spacial score (nSPS) is 10.6. The number of methoxy groups -OCH3 is 1. The van der Waals surface area contributed by atoms with Crippen molar-refractivity contribution in [3.63, 3.8) is 0 Å². The van der Waals surface area contributed by atoms with E-state index in [9.17, 15) is 13.6 Å². The number of amides is 1. The van der Waals surface area contributed by atoms with Crippen LogP contribution in [0.1, 0.15) is 10.4 Å². The Morgan fingerprint density at radius 3 is 2.22 bits per heavy atom. The topological polar surface area (TPSA) is 38.3 Å². The summed E-state index contributed by atoms with van der Waals surface area (Å²) in [6, 6.07) is 13.8. The van der Waals surface area contributed by atoms with Crippen molar-refractivity contribution in [2.24, 2.45) is 0 Å². The fraction of sp³-hybridized carbons (Fsp3) is 0.0556. The lowest BCUT2D eigenvalue weighted by Crippen LogP contribution is -2.14. The van der Waals surface area contributed by atoms with E-state index in [2.05, 4.69) is 5.32 Å². The smallest absolute Gasteiger partial charge is 0.256 e. The molecule has 3 nitrogen and oxygen atoms in total. The predicted molar refractivity (Wildman–Crippen MR) is 84.8 cm³/mol. The van der Waals surface area contributed by atoms with Crippen LogP contribution in [0.4, 0.5) is 14.5 Å². The van der Waals surface area contributed by atoms with Crippen molar-refractivity contribution >= 4 is 22.4 Å². The maximum absolute atomic E-state index is 13.7. The zero-order chi connectivity index (χ0) is 16.4. The molecule has 0 aromatic heterocycles. The summed E-state index contributed by atoms with van der Waals surface area (Å²) in [4.78, 5) is 12.4. The Balaban J connectivity index is 2.05. The molecule has 1 N–H and O–H groups in total. The number of halogens is 2. The molecule has 3 aromatic rings. The van der Waals surface area contributed by atoms with E-state index in [0.29, 0.717) is 16.7 Å². The van der Waals surface area contributed by atoms with Crippen LogP contribution in [-0.4, -0.2) is 13.0 Å². The molecule has 116 valence electrons. The van der Waals surface area contributed by atoms with Gasteiger partial charge in [0.25, 0.3) is 5.91 Å². The van der Waals surface area contributed by atoms with Crippen molar-refractivity contribution < 1.29 is 18.3 Å². The van der Waals surface area contributed by atoms with E-state index in [1.807, 2.05) is 12.1 Å². The summed E-state index contributed by atoms with van der Waals surface area (Å²) in [7, 11) is 1.54. The van der Waals surface area contributed by atoms with Crippen LogP contribution in [0.15, 0.2) is 54.6 Å². The van der Waals surface area contributed by atoms with E-state index in [1.54, 1.807) is 24.3 Å². The molecule has 3 aromatic carbocycles. The Bertz CT molecular complexity index is 873. The zero-order valence-electron chi connectivity index (χ0n) is 12.3. The third-order valence-corrected chi connectivity index (χ3v) is 3.55. The Morgan fingerprint density at radius 2 is 1.57 bits per heavy atom. The van der Waals surface area contributed by atoms with E-state index in [0.717, 1.165) is 17.5 Å². The van der Waals surface area contributed by atoms with Gasteiger partial charge in [-0.1, -0.05) is 30.3 Å². The van der Waals surface area contributed by atoms with Gasteiger partial charge >= 0.3 is 0 Å². The first-order valence-electron chi connectivity index (χ1n) is 6.93. The molecule has 23 heavy (non-hydrogen) atoms. The fourth-order valence-corrected chi connectivity index (χ4v) is 2.45. The second-order valence-corrected chi connectivity index (χ2v) is 4.91. The lowest BCUT2D eigenvalue weighted by molar-refractivity contribution is 0.102. The molecule has 0 fully saturated rings. The lowest BCUT2D eigenvalue weighted by Gasteiger charge is -2.11. The van der Waals surface area contributed by atoms with Crippen molar-refractivity contribution in [3.8, 4) is 5.75 Å². The van der Waals surface area contributed by atoms with Gasteiger partial charge in [-0.05, 0) is 29.7 Å². The summed E-state index contributed by atoms with van der Waals surface area (Å²) in [5.41, 5.74) is -0.151. The molecule has 1 amide bonds. The van der Waals surface area contributed by atoms with E-state index < -0.39 is 23.2 Å². The van der Waals surface area contributed by atoms with E-state index >= 15 is 0 Å². The Kier molecular flexibility index (Phi) is 3.93. The number of hydrogen-bond acceptors (Lipinski definition) is 2. The van der Waals surface area contributed by atoms with Crippen molar-refractivity contribution in [1.29, 1.82) is 0 Å². The summed E-state index contributed by atoms with van der Waals surface area (Å²) in [6.45, 7) is 0. The van der Waals surface area contributed by atoms with Crippen molar-refractivity contribution in [3.05, 3.63) is 71.8 Å². The van der Waals surface area contributed by atoms with E-state index in [-0.39, 0.29) is 0 Å². The number of ether oxygens (including phenoxy) is 1. The predicted octanol–water partition coefficient (Wildman–Crippen LogP) is 4.38. The number of fused-ring (bicyclic) bond motifs is 1. The molecular formula is C18H13F2NO2. The maximum Gasteiger partial charge on any atom is 0.256 e. The molecule has 0 aliphatic heterocycles. The Morgan fingerprint density at radius 1 is 0.913 bits per heavy atom. The first-order valence-corrected chi connectivity index (χ1v) is 6.93. The average Bonchev–Trinajstić information content (AvgIpc) is 2.57. The number of para-hydroxylation sites is 1. The highest BCUT2D eigenvalue weighted by Gasteiger charge is 2.16. The number of carbonyl (C=O) groups is 1. The second-order valence-electron chi connectivity index (χ2n) is 4.91. The minimum absolute atomic E-state index is 0.309. The third kappa shape index (κ3) is 2.73. The molecule has 5 heteroatoms. The minimum Gasteiger partial charge on any atom is -0.496 e. The summed E-state index contributed by atoms with van der Waals surface area (Å²) < 4.78 is 32.6. The first kappa shape index (κ1) is 15.0. The number of anilines is 1. The number of rotatable bonds is 3. The van der Waals surface area contributed by atoms with Crippen LogP contribution in [0.5, 0.6) is 5.75 Å². The van der Waals surface area contributed by atoms with Crippen molar-refractivity contribution in [2.45, 2.75) is 0 Å². The quantitative estimate of drug-likeness (QED) is 0.779. The monoisotopic (exact) mass is 313 g/mol. The molecule has 0 atom stereocenters. The van der Waals surface area contributed by atoms with Crippen LogP contribution in [0.3, 0.4) is 0 Å². The highest BCUT2D eigenvalue weighted by atomic mass is 19.1. The summed E-state index contributed by atoms with van der Waals surface area (Å²) in [6.07, 6.45) is 0. The third-order valence-electron chi connectivity index (χ3n) is 3.55. The summed E-state index contributed by atoms with van der Waals surface area (Å²) in [5, 5.41) is 3.68. The van der Waals surface area contributed by atoms with Crippen LogP contribution >= 0.6 is 0 Å². The maximum atomic E-state index is 13.7. The second kappa shape index (κ2) is 6.04. The van der Waals surface area contributed by atoms with Gasteiger partial charge in [0.05, 0.1) is 7.11 Å². The lowest BCUT2D eigenvalue weighted by atomic mass is 10.0. The van der Waals surface area contributed by atoms with Gasteiger partial charge in [0.1, 0.15) is 23.1 Å². The van der Waals surface area contributed by atoms with Gasteiger partial charge in [0.2, 0.25) is 0 Å². The van der Waals surface area contributed by atoms with Gasteiger partial charge in [-0.3, -0.25) is 4.79 Å². The Labute approximate surface area is 131 Å². The highest BCUT2D eigenvalue weighted by Crippen LogP contribution is 2.29. The molecule has 0 bridgehead atoms. The fourth-order valence-electron chi connectivity index (χ4n) is 2.45. The van der Waals surface area contributed by atoms with Crippen LogP contribution in [0, 0.1) is 11.6 Å². The first-order chi connectivity index (χ1) is 11.1. The molecule has 0 spiro atoms. The number of hydrogen-bond donors (Lipinski definition) is 1. The van der Waals surface area contributed by atoms with E-state index in [1.165, 1.54) is 13.2 Å². The molecule has 0 aliphatic carbocycles. The molecule has 0 unspecified atom stereocenters. The largest absolute Gasteiger partial charge is 0.496 e. The van der Waals surface area contributed by atoms with Gasteiger partial charge in [-0.2, -0.15) is 0 Å². The summed E-state index contributed by atoms with van der Waals surface area (Å²) in [5.74, 6) is -1.62. The molecule has 0 radical (unpaired) electrons. The minimum atomic E-state index is -0.823. The molecule has 0 saturated carbocycles. The van der Waals surface area contributed by atoms with Crippen LogP contribution in [0.2, 0.25) is 0 Å². The zero-order valence-corrected chi connectivity index (χ0v) is 12.3. The summed E-state index contributed by atoms with van der Waals surface area (Å²) >= 11 is 0. The van der Waals surface area contributed by atoms with Crippen LogP contribution < -0.4 is 10.1 Å². The molecular weight excluding hydrogens is 300 g/mol. The number of carbonyl (C=O) groups excluding carboxylic acids is 1. The molecule has 0 heterocycles. The van der Waals surface area contributed by atoms with Gasteiger partial charge in [0.15, 0.2) is 0 Å². The van der Waals surface area contributed by atoms with Crippen molar-refractivity contribution in [1.82, 2.24) is 0 Å².